The number of alkyl halides is 1. The van der Waals surface area contributed by atoms with Crippen molar-refractivity contribution in [2.24, 2.45) is 0 Å². The van der Waals surface area contributed by atoms with Crippen molar-refractivity contribution in [1.29, 1.82) is 0 Å². The van der Waals surface area contributed by atoms with E-state index in [0.717, 1.165) is 31.1 Å². The fraction of sp³-hybridized carbons (Fsp3) is 0.0714. The van der Waals surface area contributed by atoms with Gasteiger partial charge in [-0.2, -0.15) is 0 Å². The molecule has 1 atom stereocenters. The maximum absolute atomic E-state index is 11.4. The Bertz CT molecular complexity index is 838. The Morgan fingerprint density at radius 2 is 1.55 bits per heavy atom. The second kappa shape index (κ2) is 5.50. The fourth-order valence-electron chi connectivity index (χ4n) is 2.12. The Hall–Kier alpha value is -0.850. The van der Waals surface area contributed by atoms with Crippen LogP contribution in [0.15, 0.2) is 50.1 Å². The van der Waals surface area contributed by atoms with Crippen LogP contribution in [0, 0.1) is 0 Å². The lowest BCUT2D eigenvalue weighted by Crippen LogP contribution is -1.99. The Kier molecular flexibility index (Phi) is 3.88. The molecule has 0 spiro atoms. The number of H-pyrrole nitrogens is 2. The third-order valence-electron chi connectivity index (χ3n) is 3.08. The van der Waals surface area contributed by atoms with E-state index in [9.17, 15) is 4.79 Å². The zero-order valence-corrected chi connectivity index (χ0v) is 14.8. The number of aromatic amines is 2. The number of nitrogens with one attached hydrogen (secondary N) is 2. The average Bonchev–Trinajstić information content (AvgIpc) is 2.76. The summed E-state index contributed by atoms with van der Waals surface area (Å²) in [5, 5.41) is 0. The number of imidazole rings is 1. The first-order valence-electron chi connectivity index (χ1n) is 5.86. The molecule has 0 amide bonds. The largest absolute Gasteiger partial charge is 0.323 e. The van der Waals surface area contributed by atoms with Crippen LogP contribution in [-0.2, 0) is 0 Å². The Labute approximate surface area is 140 Å². The molecule has 3 nitrogen and oxygen atoms in total. The van der Waals surface area contributed by atoms with Crippen LogP contribution in [-0.4, -0.2) is 9.97 Å². The van der Waals surface area contributed by atoms with Gasteiger partial charge in [-0.3, -0.25) is 0 Å². The molecule has 20 heavy (non-hydrogen) atoms. The molecule has 6 heteroatoms. The van der Waals surface area contributed by atoms with Crippen LogP contribution < -0.4 is 5.69 Å². The van der Waals surface area contributed by atoms with Gasteiger partial charge in [0.1, 0.15) is 0 Å². The highest BCUT2D eigenvalue weighted by Gasteiger charge is 2.17. The summed E-state index contributed by atoms with van der Waals surface area (Å²) in [5.74, 6) is 0. The maximum Gasteiger partial charge on any atom is 0.323 e. The van der Waals surface area contributed by atoms with Gasteiger partial charge in [0.05, 0.1) is 15.9 Å². The maximum atomic E-state index is 11.4. The van der Waals surface area contributed by atoms with Crippen molar-refractivity contribution in [2.75, 3.05) is 0 Å². The van der Waals surface area contributed by atoms with E-state index in [1.165, 1.54) is 0 Å². The summed E-state index contributed by atoms with van der Waals surface area (Å²) in [6.07, 6.45) is 0. The Balaban J connectivity index is 2.16. The second-order valence-electron chi connectivity index (χ2n) is 4.38. The zero-order valence-electron chi connectivity index (χ0n) is 10.1. The van der Waals surface area contributed by atoms with Gasteiger partial charge in [-0.25, -0.2) is 4.79 Å². The van der Waals surface area contributed by atoms with Crippen molar-refractivity contribution in [3.05, 3.63) is 67.0 Å². The van der Waals surface area contributed by atoms with Crippen LogP contribution in [0.4, 0.5) is 0 Å². The van der Waals surface area contributed by atoms with E-state index in [4.69, 9.17) is 0 Å². The number of fused-ring (bicyclic) bond motifs is 1. The third-order valence-corrected chi connectivity index (χ3v) is 5.48. The number of hydrogen-bond donors (Lipinski definition) is 2. The molecule has 3 rings (SSSR count). The Morgan fingerprint density at radius 3 is 2.25 bits per heavy atom. The van der Waals surface area contributed by atoms with Crippen molar-refractivity contribution in [3.8, 4) is 0 Å². The standard InChI is InChI=1S/C14H9Br3N2O/c15-9-4-2-1-3-7(9)13(17)8-5-11-12(6-10(8)16)19-14(20)18-11/h1-6,13H,(H2,18,19,20). The van der Waals surface area contributed by atoms with Gasteiger partial charge in [0.15, 0.2) is 0 Å². The molecule has 0 saturated carbocycles. The molecule has 2 aromatic carbocycles. The average molecular weight is 461 g/mol. The first kappa shape index (κ1) is 14.1. The predicted molar refractivity (Wildman–Crippen MR) is 91.5 cm³/mol. The minimum Gasteiger partial charge on any atom is -0.306 e. The van der Waals surface area contributed by atoms with Crippen LogP contribution >= 0.6 is 47.8 Å². The molecular formula is C14H9Br3N2O. The van der Waals surface area contributed by atoms with Gasteiger partial charge in [-0.15, -0.1) is 0 Å². The number of aromatic nitrogens is 2. The number of hydrogen-bond acceptors (Lipinski definition) is 1. The molecule has 0 bridgehead atoms. The van der Waals surface area contributed by atoms with E-state index in [-0.39, 0.29) is 10.5 Å². The highest BCUT2D eigenvalue weighted by Crippen LogP contribution is 2.39. The highest BCUT2D eigenvalue weighted by atomic mass is 79.9. The van der Waals surface area contributed by atoms with E-state index in [2.05, 4.69) is 63.8 Å². The fourth-order valence-corrected chi connectivity index (χ4v) is 4.59. The van der Waals surface area contributed by atoms with E-state index in [0.29, 0.717) is 0 Å². The molecular weight excluding hydrogens is 452 g/mol. The van der Waals surface area contributed by atoms with Crippen molar-refractivity contribution >= 4 is 58.8 Å². The van der Waals surface area contributed by atoms with Crippen LogP contribution in [0.5, 0.6) is 0 Å². The molecule has 0 fully saturated rings. The molecule has 0 aliphatic heterocycles. The molecule has 0 radical (unpaired) electrons. The molecule has 2 N–H and O–H groups in total. The minimum absolute atomic E-state index is 0.0234. The van der Waals surface area contributed by atoms with Gasteiger partial charge in [0.25, 0.3) is 0 Å². The summed E-state index contributed by atoms with van der Waals surface area (Å²) in [4.78, 5) is 16.9. The SMILES string of the molecule is O=c1[nH]c2cc(Br)c(C(Br)c3ccccc3Br)cc2[nH]1. The van der Waals surface area contributed by atoms with E-state index in [1.54, 1.807) is 0 Å². The molecule has 0 saturated heterocycles. The molecule has 1 aromatic heterocycles. The van der Waals surface area contributed by atoms with Gasteiger partial charge in [0.2, 0.25) is 0 Å². The van der Waals surface area contributed by atoms with E-state index < -0.39 is 0 Å². The third kappa shape index (κ3) is 2.52. The first-order valence-corrected chi connectivity index (χ1v) is 8.36. The predicted octanol–water partition coefficient (Wildman–Crippen LogP) is 4.87. The lowest BCUT2D eigenvalue weighted by atomic mass is 10.0. The smallest absolute Gasteiger partial charge is 0.306 e. The number of benzene rings is 2. The second-order valence-corrected chi connectivity index (χ2v) is 7.01. The summed E-state index contributed by atoms with van der Waals surface area (Å²) in [7, 11) is 0. The van der Waals surface area contributed by atoms with Gasteiger partial charge in [-0.1, -0.05) is 66.0 Å². The lowest BCUT2D eigenvalue weighted by molar-refractivity contribution is 1.16. The molecule has 102 valence electrons. The minimum atomic E-state index is -0.198. The monoisotopic (exact) mass is 458 g/mol. The van der Waals surface area contributed by atoms with Gasteiger partial charge in [0, 0.05) is 8.95 Å². The van der Waals surface area contributed by atoms with Crippen molar-refractivity contribution in [3.63, 3.8) is 0 Å². The first-order chi connectivity index (χ1) is 9.56. The molecule has 3 aromatic rings. The van der Waals surface area contributed by atoms with Crippen LogP contribution in [0.1, 0.15) is 16.0 Å². The normalized spacial score (nSPS) is 12.8. The lowest BCUT2D eigenvalue weighted by Gasteiger charge is -2.14. The molecule has 1 unspecified atom stereocenters. The van der Waals surface area contributed by atoms with Crippen molar-refractivity contribution < 1.29 is 0 Å². The van der Waals surface area contributed by atoms with Crippen LogP contribution in [0.3, 0.4) is 0 Å². The van der Waals surface area contributed by atoms with Crippen molar-refractivity contribution in [2.45, 2.75) is 4.83 Å². The summed E-state index contributed by atoms with van der Waals surface area (Å²) < 4.78 is 1.98. The number of rotatable bonds is 2. The molecule has 1 heterocycles. The zero-order chi connectivity index (χ0) is 14.3. The van der Waals surface area contributed by atoms with E-state index in [1.807, 2.05) is 30.3 Å². The molecule has 0 aliphatic carbocycles. The summed E-state index contributed by atoms with van der Waals surface area (Å²) in [6.45, 7) is 0. The van der Waals surface area contributed by atoms with Crippen molar-refractivity contribution in [1.82, 2.24) is 9.97 Å². The van der Waals surface area contributed by atoms with Gasteiger partial charge in [-0.05, 0) is 29.3 Å². The topological polar surface area (TPSA) is 48.6 Å². The highest BCUT2D eigenvalue weighted by molar-refractivity contribution is 9.11. The van der Waals surface area contributed by atoms with Crippen LogP contribution in [0.25, 0.3) is 11.0 Å². The summed E-state index contributed by atoms with van der Waals surface area (Å²) in [5.41, 5.74) is 3.57. The van der Waals surface area contributed by atoms with E-state index >= 15 is 0 Å². The summed E-state index contributed by atoms with van der Waals surface area (Å²) in [6, 6.07) is 11.9. The van der Waals surface area contributed by atoms with Crippen LogP contribution in [0.2, 0.25) is 0 Å². The van der Waals surface area contributed by atoms with Gasteiger partial charge >= 0.3 is 5.69 Å². The summed E-state index contributed by atoms with van der Waals surface area (Å²) >= 11 is 10.9. The quantitative estimate of drug-likeness (QED) is 0.527. The number of halogens is 3. The Morgan fingerprint density at radius 1 is 0.900 bits per heavy atom. The van der Waals surface area contributed by atoms with Gasteiger partial charge < -0.3 is 9.97 Å². The molecule has 0 aliphatic rings.